The summed E-state index contributed by atoms with van der Waals surface area (Å²) < 4.78 is 0. The minimum atomic E-state index is -2.47. The van der Waals surface area contributed by atoms with Crippen molar-refractivity contribution < 1.29 is 0 Å². The van der Waals surface area contributed by atoms with E-state index in [2.05, 4.69) is 13.8 Å². The lowest BCUT2D eigenvalue weighted by Crippen LogP contribution is -2.32. The Morgan fingerprint density at radius 1 is 1.08 bits per heavy atom. The van der Waals surface area contributed by atoms with Crippen LogP contribution in [0.4, 0.5) is 0 Å². The van der Waals surface area contributed by atoms with Gasteiger partial charge < -0.3 is 0 Å². The first-order valence-electron chi connectivity index (χ1n) is 4.99. The third-order valence-corrected chi connectivity index (χ3v) is 7.18. The van der Waals surface area contributed by atoms with Crippen LogP contribution in [0.5, 0.6) is 0 Å². The van der Waals surface area contributed by atoms with Crippen LogP contribution in [-0.2, 0) is 0 Å². The van der Waals surface area contributed by atoms with Gasteiger partial charge in [0.05, 0.1) is 0 Å². The predicted molar refractivity (Wildman–Crippen MR) is 63.9 cm³/mol. The summed E-state index contributed by atoms with van der Waals surface area (Å²) in [7, 11) is 0. The van der Waals surface area contributed by atoms with Crippen molar-refractivity contribution in [1.82, 2.24) is 0 Å². The largest absolute Gasteiger partial charge is 0.344 e. The standard InChI is InChI=1S/C9H17Cl3Si/c1-7(2)8-5-3-4-6-9(8)13(10,11)12/h7-9H,3-6H2,1-2H3. The van der Waals surface area contributed by atoms with Crippen molar-refractivity contribution in [3.63, 3.8) is 0 Å². The SMILES string of the molecule is CC(C)C1CCCCC1[Si](Cl)(Cl)Cl. The Balaban J connectivity index is 2.67. The predicted octanol–water partition coefficient (Wildman–Crippen LogP) is 4.86. The molecule has 0 aromatic rings. The molecule has 0 aromatic carbocycles. The molecule has 0 aromatic heterocycles. The summed E-state index contributed by atoms with van der Waals surface area (Å²) in [6.07, 6.45) is 4.94. The second kappa shape index (κ2) is 4.74. The molecule has 0 amide bonds. The van der Waals surface area contributed by atoms with Crippen molar-refractivity contribution in [2.45, 2.75) is 45.1 Å². The third kappa shape index (κ3) is 3.30. The maximum atomic E-state index is 6.12. The number of hydrogen-bond donors (Lipinski definition) is 0. The normalized spacial score (nSPS) is 30.9. The zero-order chi connectivity index (χ0) is 10.1. The Kier molecular flexibility index (Phi) is 4.43. The van der Waals surface area contributed by atoms with E-state index in [1.54, 1.807) is 0 Å². The van der Waals surface area contributed by atoms with Crippen molar-refractivity contribution >= 4 is 39.2 Å². The lowest BCUT2D eigenvalue weighted by atomic mass is 9.81. The van der Waals surface area contributed by atoms with E-state index in [1.807, 2.05) is 0 Å². The Bertz CT molecular complexity index is 165. The molecule has 0 radical (unpaired) electrons. The molecule has 2 unspecified atom stereocenters. The minimum absolute atomic E-state index is 0.395. The Morgan fingerprint density at radius 3 is 2.00 bits per heavy atom. The van der Waals surface area contributed by atoms with Crippen LogP contribution in [-0.4, -0.2) is 6.00 Å². The van der Waals surface area contributed by atoms with Crippen LogP contribution in [0, 0.1) is 11.8 Å². The van der Waals surface area contributed by atoms with Gasteiger partial charge in [-0.3, -0.25) is 0 Å². The fourth-order valence-electron chi connectivity index (χ4n) is 2.36. The first kappa shape index (κ1) is 12.2. The van der Waals surface area contributed by atoms with Gasteiger partial charge >= 0.3 is 6.00 Å². The minimum Gasteiger partial charge on any atom is -0.126 e. The van der Waals surface area contributed by atoms with Gasteiger partial charge in [-0.05, 0) is 23.8 Å². The highest BCUT2D eigenvalue weighted by Gasteiger charge is 2.43. The molecule has 0 N–H and O–H groups in total. The van der Waals surface area contributed by atoms with Crippen LogP contribution in [0.2, 0.25) is 5.54 Å². The molecule has 0 heterocycles. The second-order valence-electron chi connectivity index (χ2n) is 4.34. The maximum absolute atomic E-state index is 6.12. The highest BCUT2D eigenvalue weighted by Crippen LogP contribution is 2.49. The molecule has 1 fully saturated rings. The molecule has 0 aliphatic heterocycles. The quantitative estimate of drug-likeness (QED) is 0.491. The molecule has 2 atom stereocenters. The van der Waals surface area contributed by atoms with E-state index < -0.39 is 6.00 Å². The Hall–Kier alpha value is 1.09. The van der Waals surface area contributed by atoms with E-state index in [9.17, 15) is 0 Å². The molecule has 78 valence electrons. The molecule has 1 aliphatic rings. The number of halogens is 3. The van der Waals surface area contributed by atoms with Crippen LogP contribution in [0.3, 0.4) is 0 Å². The van der Waals surface area contributed by atoms with Crippen LogP contribution in [0.25, 0.3) is 0 Å². The Morgan fingerprint density at radius 2 is 1.62 bits per heavy atom. The zero-order valence-corrected chi connectivity index (χ0v) is 11.5. The molecule has 1 saturated carbocycles. The molecule has 1 rings (SSSR count). The molecule has 13 heavy (non-hydrogen) atoms. The van der Waals surface area contributed by atoms with Gasteiger partial charge in [0.1, 0.15) is 0 Å². The van der Waals surface area contributed by atoms with E-state index in [0.29, 0.717) is 17.4 Å². The molecular formula is C9H17Cl3Si. The van der Waals surface area contributed by atoms with Gasteiger partial charge in [-0.15, -0.1) is 33.2 Å². The topological polar surface area (TPSA) is 0 Å². The van der Waals surface area contributed by atoms with E-state index in [1.165, 1.54) is 19.3 Å². The maximum Gasteiger partial charge on any atom is 0.344 e. The number of hydrogen-bond acceptors (Lipinski definition) is 0. The average molecular weight is 260 g/mol. The van der Waals surface area contributed by atoms with Crippen molar-refractivity contribution in [3.05, 3.63) is 0 Å². The average Bonchev–Trinajstić information content (AvgIpc) is 2.03. The number of rotatable bonds is 2. The summed E-state index contributed by atoms with van der Waals surface area (Å²) >= 11 is 18.4. The van der Waals surface area contributed by atoms with Crippen molar-refractivity contribution in [1.29, 1.82) is 0 Å². The van der Waals surface area contributed by atoms with Gasteiger partial charge in [-0.2, -0.15) is 0 Å². The van der Waals surface area contributed by atoms with Gasteiger partial charge in [0, 0.05) is 0 Å². The second-order valence-corrected chi connectivity index (χ2v) is 13.3. The van der Waals surface area contributed by atoms with Gasteiger partial charge in [0.15, 0.2) is 0 Å². The molecular weight excluding hydrogens is 243 g/mol. The molecule has 4 heteroatoms. The monoisotopic (exact) mass is 258 g/mol. The van der Waals surface area contributed by atoms with E-state index in [0.717, 1.165) is 6.42 Å². The van der Waals surface area contributed by atoms with E-state index in [-0.39, 0.29) is 0 Å². The Labute approximate surface area is 96.1 Å². The highest BCUT2D eigenvalue weighted by molar-refractivity contribution is 7.65. The first-order chi connectivity index (χ1) is 5.93. The zero-order valence-electron chi connectivity index (χ0n) is 8.19. The van der Waals surface area contributed by atoms with E-state index >= 15 is 0 Å². The summed E-state index contributed by atoms with van der Waals surface area (Å²) in [6.45, 7) is 4.49. The third-order valence-electron chi connectivity index (χ3n) is 3.10. The summed E-state index contributed by atoms with van der Waals surface area (Å²) in [5, 5.41) is 0. The lowest BCUT2D eigenvalue weighted by Gasteiger charge is -2.37. The van der Waals surface area contributed by atoms with Crippen LogP contribution < -0.4 is 0 Å². The van der Waals surface area contributed by atoms with Gasteiger partial charge in [0.25, 0.3) is 0 Å². The molecule has 0 nitrogen and oxygen atoms in total. The van der Waals surface area contributed by atoms with E-state index in [4.69, 9.17) is 33.2 Å². The van der Waals surface area contributed by atoms with Gasteiger partial charge in [-0.25, -0.2) is 0 Å². The molecule has 0 saturated heterocycles. The van der Waals surface area contributed by atoms with Crippen LogP contribution >= 0.6 is 33.2 Å². The molecule has 0 bridgehead atoms. The van der Waals surface area contributed by atoms with Gasteiger partial charge in [0.2, 0.25) is 0 Å². The fraction of sp³-hybridized carbons (Fsp3) is 1.00. The van der Waals surface area contributed by atoms with Crippen LogP contribution in [0.15, 0.2) is 0 Å². The fourth-order valence-corrected chi connectivity index (χ4v) is 6.37. The van der Waals surface area contributed by atoms with Crippen LogP contribution in [0.1, 0.15) is 39.5 Å². The molecule has 1 aliphatic carbocycles. The van der Waals surface area contributed by atoms with Gasteiger partial charge in [-0.1, -0.05) is 33.1 Å². The lowest BCUT2D eigenvalue weighted by molar-refractivity contribution is 0.277. The summed E-state index contributed by atoms with van der Waals surface area (Å²) in [5.74, 6) is 1.31. The van der Waals surface area contributed by atoms with Crippen molar-refractivity contribution in [3.8, 4) is 0 Å². The summed E-state index contributed by atoms with van der Waals surface area (Å²) in [6, 6.07) is -2.47. The smallest absolute Gasteiger partial charge is 0.126 e. The van der Waals surface area contributed by atoms with Crippen molar-refractivity contribution in [2.75, 3.05) is 0 Å². The first-order valence-corrected chi connectivity index (χ1v) is 10.1. The summed E-state index contributed by atoms with van der Waals surface area (Å²) in [5.41, 5.74) is 0.395. The highest BCUT2D eigenvalue weighted by atomic mass is 35.8. The molecule has 0 spiro atoms. The summed E-state index contributed by atoms with van der Waals surface area (Å²) in [4.78, 5) is 0. The van der Waals surface area contributed by atoms with Crippen molar-refractivity contribution in [2.24, 2.45) is 11.8 Å².